The molecule has 0 saturated carbocycles. The lowest BCUT2D eigenvalue weighted by atomic mass is 10.2. The molecule has 1 aromatic carbocycles. The summed E-state index contributed by atoms with van der Waals surface area (Å²) >= 11 is 4.59. The highest BCUT2D eigenvalue weighted by Gasteiger charge is 2.09. The van der Waals surface area contributed by atoms with Gasteiger partial charge in [0.1, 0.15) is 11.6 Å². The Bertz CT molecular complexity index is 870. The maximum absolute atomic E-state index is 13.7. The number of rotatable bonds is 8. The average Bonchev–Trinajstić information content (AvgIpc) is 3.28. The summed E-state index contributed by atoms with van der Waals surface area (Å²) in [5.41, 5.74) is 0.582. The highest BCUT2D eigenvalue weighted by molar-refractivity contribution is 9.10. The van der Waals surface area contributed by atoms with Crippen molar-refractivity contribution in [3.8, 4) is 11.6 Å². The molecule has 136 valence electrons. The number of hydrogen-bond donors (Lipinski definition) is 2. The lowest BCUT2D eigenvalue weighted by Gasteiger charge is -2.05. The number of aromatic nitrogens is 3. The third kappa shape index (κ3) is 5.18. The number of halogens is 2. The molecule has 0 radical (unpaired) electrons. The van der Waals surface area contributed by atoms with Gasteiger partial charge in [-0.1, -0.05) is 22.0 Å². The first-order valence-electron chi connectivity index (χ1n) is 7.85. The molecule has 0 aliphatic rings. The Hall–Kier alpha value is -2.13. The maximum atomic E-state index is 13.7. The van der Waals surface area contributed by atoms with Crippen LogP contribution in [0.3, 0.4) is 0 Å². The predicted octanol–water partition coefficient (Wildman–Crippen LogP) is 3.56. The van der Waals surface area contributed by atoms with Crippen molar-refractivity contribution < 1.29 is 13.6 Å². The second-order valence-corrected chi connectivity index (χ2v) is 7.31. The molecule has 0 aliphatic heterocycles. The minimum absolute atomic E-state index is 0.0988. The number of nitrogens with one attached hydrogen (secondary N) is 2. The quantitative estimate of drug-likeness (QED) is 0.561. The molecule has 3 rings (SSSR count). The Labute approximate surface area is 162 Å². The molecule has 2 N–H and O–H groups in total. The Balaban J connectivity index is 1.36. The van der Waals surface area contributed by atoms with E-state index in [2.05, 4.69) is 36.4 Å². The lowest BCUT2D eigenvalue weighted by Crippen LogP contribution is -2.27. The first-order chi connectivity index (χ1) is 12.6. The van der Waals surface area contributed by atoms with Crippen molar-refractivity contribution in [3.63, 3.8) is 0 Å². The van der Waals surface area contributed by atoms with Gasteiger partial charge < -0.3 is 9.73 Å². The SMILES string of the molecule is O=C(CSCc1ccc(Br)cc1F)NCCc1nc(-c2ccco2)n[nH]1. The highest BCUT2D eigenvalue weighted by Crippen LogP contribution is 2.19. The summed E-state index contributed by atoms with van der Waals surface area (Å²) in [5.74, 6) is 2.09. The van der Waals surface area contributed by atoms with E-state index < -0.39 is 0 Å². The van der Waals surface area contributed by atoms with Crippen LogP contribution in [0.1, 0.15) is 11.4 Å². The van der Waals surface area contributed by atoms with Gasteiger partial charge in [0.05, 0.1) is 12.0 Å². The van der Waals surface area contributed by atoms with Crippen molar-refractivity contribution >= 4 is 33.6 Å². The normalized spacial score (nSPS) is 10.8. The molecule has 9 heteroatoms. The van der Waals surface area contributed by atoms with Gasteiger partial charge >= 0.3 is 0 Å². The largest absolute Gasteiger partial charge is 0.461 e. The first kappa shape index (κ1) is 18.7. The summed E-state index contributed by atoms with van der Waals surface area (Å²) in [6.45, 7) is 0.443. The Morgan fingerprint density at radius 2 is 2.27 bits per heavy atom. The number of furan rings is 1. The van der Waals surface area contributed by atoms with Crippen molar-refractivity contribution in [3.05, 3.63) is 58.3 Å². The van der Waals surface area contributed by atoms with Gasteiger partial charge in [-0.2, -0.15) is 5.10 Å². The molecule has 1 amide bonds. The molecule has 0 aliphatic carbocycles. The fourth-order valence-electron chi connectivity index (χ4n) is 2.19. The molecule has 0 fully saturated rings. The molecule has 2 heterocycles. The average molecular weight is 439 g/mol. The van der Waals surface area contributed by atoms with Crippen molar-refractivity contribution in [2.45, 2.75) is 12.2 Å². The van der Waals surface area contributed by atoms with Gasteiger partial charge in [0.25, 0.3) is 0 Å². The Morgan fingerprint density at radius 1 is 1.38 bits per heavy atom. The van der Waals surface area contributed by atoms with Crippen LogP contribution >= 0.6 is 27.7 Å². The van der Waals surface area contributed by atoms with Crippen molar-refractivity contribution in [1.29, 1.82) is 0 Å². The van der Waals surface area contributed by atoms with E-state index in [1.165, 1.54) is 17.8 Å². The minimum Gasteiger partial charge on any atom is -0.461 e. The van der Waals surface area contributed by atoms with Gasteiger partial charge in [-0.25, -0.2) is 9.37 Å². The minimum atomic E-state index is -0.273. The summed E-state index contributed by atoms with van der Waals surface area (Å²) in [7, 11) is 0. The molecule has 26 heavy (non-hydrogen) atoms. The smallest absolute Gasteiger partial charge is 0.230 e. The van der Waals surface area contributed by atoms with Crippen molar-refractivity contribution in [2.75, 3.05) is 12.3 Å². The second kappa shape index (κ2) is 9.00. The molecular formula is C17H16BrFN4O2S. The monoisotopic (exact) mass is 438 g/mol. The summed E-state index contributed by atoms with van der Waals surface area (Å²) in [4.78, 5) is 16.2. The number of nitrogens with zero attached hydrogens (tertiary/aromatic N) is 2. The Morgan fingerprint density at radius 3 is 3.04 bits per heavy atom. The van der Waals surface area contributed by atoms with E-state index in [0.717, 1.165) is 0 Å². The van der Waals surface area contributed by atoms with Crippen molar-refractivity contribution in [1.82, 2.24) is 20.5 Å². The fourth-order valence-corrected chi connectivity index (χ4v) is 3.36. The number of thioether (sulfide) groups is 1. The summed E-state index contributed by atoms with van der Waals surface area (Å²) in [5, 5.41) is 9.70. The third-order valence-electron chi connectivity index (χ3n) is 3.46. The second-order valence-electron chi connectivity index (χ2n) is 5.41. The standard InChI is InChI=1S/C17H16BrFN4O2S/c18-12-4-3-11(13(19)8-12)9-26-10-16(24)20-6-5-15-21-17(23-22-15)14-2-1-7-25-14/h1-4,7-8H,5-6,9-10H2,(H,20,24)(H,21,22,23). The van der Waals surface area contributed by atoms with Gasteiger partial charge in [-0.15, -0.1) is 11.8 Å². The van der Waals surface area contributed by atoms with Gasteiger partial charge in [0, 0.05) is 23.2 Å². The van der Waals surface area contributed by atoms with Gasteiger partial charge in [0.2, 0.25) is 11.7 Å². The lowest BCUT2D eigenvalue weighted by molar-refractivity contribution is -0.118. The molecule has 0 unspecified atom stereocenters. The van der Waals surface area contributed by atoms with E-state index in [0.29, 0.717) is 46.2 Å². The van der Waals surface area contributed by atoms with E-state index in [-0.39, 0.29) is 17.5 Å². The van der Waals surface area contributed by atoms with E-state index in [9.17, 15) is 9.18 Å². The van der Waals surface area contributed by atoms with Gasteiger partial charge in [-0.05, 0) is 29.8 Å². The van der Waals surface area contributed by atoms with Crippen LogP contribution in [0.2, 0.25) is 0 Å². The number of benzene rings is 1. The van der Waals surface area contributed by atoms with Crippen molar-refractivity contribution in [2.24, 2.45) is 0 Å². The molecule has 0 saturated heterocycles. The van der Waals surface area contributed by atoms with Gasteiger partial charge in [0.15, 0.2) is 5.76 Å². The van der Waals surface area contributed by atoms with E-state index in [1.807, 2.05) is 0 Å². The molecule has 0 bridgehead atoms. The molecule has 6 nitrogen and oxygen atoms in total. The number of carbonyl (C=O) groups is 1. The maximum Gasteiger partial charge on any atom is 0.230 e. The van der Waals surface area contributed by atoms with Gasteiger partial charge in [-0.3, -0.25) is 9.89 Å². The molecule has 0 spiro atoms. The van der Waals surface area contributed by atoms with Crippen LogP contribution in [0, 0.1) is 5.82 Å². The number of amides is 1. The van der Waals surface area contributed by atoms with Crippen LogP contribution in [0.5, 0.6) is 0 Å². The summed E-state index contributed by atoms with van der Waals surface area (Å²) < 4.78 is 19.6. The molecule has 3 aromatic rings. The van der Waals surface area contributed by atoms with E-state index in [1.54, 1.807) is 30.5 Å². The molecule has 0 atom stereocenters. The molecular weight excluding hydrogens is 423 g/mol. The highest BCUT2D eigenvalue weighted by atomic mass is 79.9. The topological polar surface area (TPSA) is 83.8 Å². The third-order valence-corrected chi connectivity index (χ3v) is 4.94. The zero-order valence-electron chi connectivity index (χ0n) is 13.7. The summed E-state index contributed by atoms with van der Waals surface area (Å²) in [6, 6.07) is 8.46. The van der Waals surface area contributed by atoms with Crippen LogP contribution in [-0.4, -0.2) is 33.4 Å². The zero-order chi connectivity index (χ0) is 18.4. The van der Waals surface area contributed by atoms with Crippen LogP contribution in [-0.2, 0) is 17.0 Å². The number of carbonyl (C=O) groups excluding carboxylic acids is 1. The molecule has 2 aromatic heterocycles. The zero-order valence-corrected chi connectivity index (χ0v) is 16.1. The predicted molar refractivity (Wildman–Crippen MR) is 101 cm³/mol. The fraction of sp³-hybridized carbons (Fsp3) is 0.235. The number of aromatic amines is 1. The first-order valence-corrected chi connectivity index (χ1v) is 9.80. The van der Waals surface area contributed by atoms with Crippen LogP contribution in [0.25, 0.3) is 11.6 Å². The van der Waals surface area contributed by atoms with Crippen LogP contribution in [0.4, 0.5) is 4.39 Å². The number of hydrogen-bond acceptors (Lipinski definition) is 5. The number of H-pyrrole nitrogens is 1. The Kier molecular flexibility index (Phi) is 6.45. The van der Waals surface area contributed by atoms with E-state index >= 15 is 0 Å². The van der Waals surface area contributed by atoms with Crippen LogP contribution in [0.15, 0.2) is 45.5 Å². The van der Waals surface area contributed by atoms with E-state index in [4.69, 9.17) is 4.42 Å². The summed E-state index contributed by atoms with van der Waals surface area (Å²) in [6.07, 6.45) is 2.09. The van der Waals surface area contributed by atoms with Crippen LogP contribution < -0.4 is 5.32 Å².